The third kappa shape index (κ3) is 3.36. The molecular weight excluding hydrogens is 234 g/mol. The van der Waals surface area contributed by atoms with Crippen molar-refractivity contribution in [1.29, 1.82) is 0 Å². The van der Waals surface area contributed by atoms with Crippen LogP contribution < -0.4 is 5.32 Å². The van der Waals surface area contributed by atoms with Gasteiger partial charge in [0.15, 0.2) is 0 Å². The molecule has 100 valence electrons. The molecule has 3 unspecified atom stereocenters. The molecule has 0 aromatic carbocycles. The van der Waals surface area contributed by atoms with Gasteiger partial charge in [-0.3, -0.25) is 0 Å². The maximum absolute atomic E-state index is 6.28. The van der Waals surface area contributed by atoms with Gasteiger partial charge in [0.1, 0.15) is 0 Å². The van der Waals surface area contributed by atoms with E-state index in [0.29, 0.717) is 18.1 Å². The minimum absolute atomic E-state index is 0.272. The van der Waals surface area contributed by atoms with Gasteiger partial charge in [-0.05, 0) is 38.5 Å². The van der Waals surface area contributed by atoms with Gasteiger partial charge >= 0.3 is 0 Å². The molecule has 0 bridgehead atoms. The zero-order chi connectivity index (χ0) is 12.3. The highest BCUT2D eigenvalue weighted by molar-refractivity contribution is 6.18. The molecule has 0 radical (unpaired) electrons. The molecule has 3 atom stereocenters. The Bertz CT molecular complexity index is 240. The van der Waals surface area contributed by atoms with Crippen molar-refractivity contribution in [2.24, 2.45) is 5.92 Å². The van der Waals surface area contributed by atoms with E-state index in [4.69, 9.17) is 16.3 Å². The Morgan fingerprint density at radius 3 is 2.65 bits per heavy atom. The number of hydrogen-bond donors (Lipinski definition) is 1. The molecule has 17 heavy (non-hydrogen) atoms. The molecule has 1 heterocycles. The molecule has 1 aliphatic carbocycles. The summed E-state index contributed by atoms with van der Waals surface area (Å²) in [5.41, 5.74) is 0.272. The molecule has 1 saturated carbocycles. The van der Waals surface area contributed by atoms with Crippen LogP contribution in [0.1, 0.15) is 52.4 Å². The monoisotopic (exact) mass is 259 g/mol. The first-order valence-corrected chi connectivity index (χ1v) is 7.66. The second-order valence-electron chi connectivity index (χ2n) is 6.00. The summed E-state index contributed by atoms with van der Waals surface area (Å²) in [6.07, 6.45) is 8.24. The van der Waals surface area contributed by atoms with Crippen molar-refractivity contribution in [3.8, 4) is 0 Å². The fourth-order valence-corrected chi connectivity index (χ4v) is 3.35. The van der Waals surface area contributed by atoms with Crippen molar-refractivity contribution < 1.29 is 4.74 Å². The van der Waals surface area contributed by atoms with Gasteiger partial charge in [-0.15, -0.1) is 11.6 Å². The number of rotatable bonds is 5. The molecule has 1 spiro atoms. The zero-order valence-electron chi connectivity index (χ0n) is 11.2. The summed E-state index contributed by atoms with van der Waals surface area (Å²) in [4.78, 5) is 0. The summed E-state index contributed by atoms with van der Waals surface area (Å²) in [5, 5.41) is 3.57. The molecule has 1 saturated heterocycles. The Morgan fingerprint density at radius 1 is 1.29 bits per heavy atom. The summed E-state index contributed by atoms with van der Waals surface area (Å²) >= 11 is 5.87. The lowest BCUT2D eigenvalue weighted by molar-refractivity contribution is -0.0360. The Hall–Kier alpha value is 0.210. The SMILES string of the molecule is CC(CCl)C(C)NCC1CCC2(CCCC2)O1. The summed E-state index contributed by atoms with van der Waals surface area (Å²) in [5.74, 6) is 1.25. The van der Waals surface area contributed by atoms with Crippen molar-refractivity contribution in [3.05, 3.63) is 0 Å². The van der Waals surface area contributed by atoms with E-state index < -0.39 is 0 Å². The first kappa shape index (κ1) is 13.6. The standard InChI is InChI=1S/C14H26ClNO/c1-11(9-15)12(2)16-10-13-5-8-14(17-13)6-3-4-7-14/h11-13,16H,3-10H2,1-2H3. The Labute approximate surface area is 110 Å². The zero-order valence-corrected chi connectivity index (χ0v) is 11.9. The quantitative estimate of drug-likeness (QED) is 0.765. The molecule has 2 aliphatic rings. The van der Waals surface area contributed by atoms with E-state index in [1.54, 1.807) is 0 Å². The highest BCUT2D eigenvalue weighted by Gasteiger charge is 2.41. The molecule has 0 aromatic rings. The van der Waals surface area contributed by atoms with Gasteiger partial charge in [0.25, 0.3) is 0 Å². The number of nitrogens with one attached hydrogen (secondary N) is 1. The summed E-state index contributed by atoms with van der Waals surface area (Å²) in [6, 6.07) is 0.483. The van der Waals surface area contributed by atoms with Crippen molar-refractivity contribution in [1.82, 2.24) is 5.32 Å². The van der Waals surface area contributed by atoms with E-state index in [0.717, 1.165) is 12.4 Å². The lowest BCUT2D eigenvalue weighted by Gasteiger charge is -2.25. The van der Waals surface area contributed by atoms with Crippen LogP contribution in [0.4, 0.5) is 0 Å². The van der Waals surface area contributed by atoms with Crippen molar-refractivity contribution in [3.63, 3.8) is 0 Å². The predicted molar refractivity (Wildman–Crippen MR) is 72.7 cm³/mol. The first-order valence-electron chi connectivity index (χ1n) is 7.12. The Kier molecular flexibility index (Phi) is 4.73. The van der Waals surface area contributed by atoms with Crippen molar-refractivity contribution in [2.45, 2.75) is 70.1 Å². The van der Waals surface area contributed by atoms with E-state index in [1.807, 2.05) is 0 Å². The van der Waals surface area contributed by atoms with Crippen molar-refractivity contribution in [2.75, 3.05) is 12.4 Å². The van der Waals surface area contributed by atoms with E-state index in [9.17, 15) is 0 Å². The number of ether oxygens (including phenoxy) is 1. The summed E-state index contributed by atoms with van der Waals surface area (Å²) in [7, 11) is 0. The normalized spacial score (nSPS) is 30.9. The summed E-state index contributed by atoms with van der Waals surface area (Å²) in [6.45, 7) is 5.40. The van der Waals surface area contributed by atoms with Gasteiger partial charge < -0.3 is 10.1 Å². The summed E-state index contributed by atoms with van der Waals surface area (Å²) < 4.78 is 6.28. The topological polar surface area (TPSA) is 21.3 Å². The van der Waals surface area contributed by atoms with E-state index in [1.165, 1.54) is 38.5 Å². The second kappa shape index (κ2) is 5.90. The lowest BCUT2D eigenvalue weighted by atomic mass is 9.98. The van der Waals surface area contributed by atoms with Gasteiger partial charge in [0.05, 0.1) is 11.7 Å². The van der Waals surface area contributed by atoms with Crippen LogP contribution in [0, 0.1) is 5.92 Å². The largest absolute Gasteiger partial charge is 0.370 e. The molecular formula is C14H26ClNO. The molecule has 1 aliphatic heterocycles. The van der Waals surface area contributed by atoms with Gasteiger partial charge in [-0.2, -0.15) is 0 Å². The predicted octanol–water partition coefficient (Wildman–Crippen LogP) is 3.33. The van der Waals surface area contributed by atoms with Crippen LogP contribution >= 0.6 is 11.6 Å². The van der Waals surface area contributed by atoms with E-state index in [-0.39, 0.29) is 5.60 Å². The van der Waals surface area contributed by atoms with E-state index in [2.05, 4.69) is 19.2 Å². The van der Waals surface area contributed by atoms with Crippen LogP contribution in [-0.2, 0) is 4.74 Å². The minimum atomic E-state index is 0.272. The highest BCUT2D eigenvalue weighted by Crippen LogP contribution is 2.43. The smallest absolute Gasteiger partial charge is 0.0708 e. The Balaban J connectivity index is 1.71. The first-order chi connectivity index (χ1) is 8.15. The van der Waals surface area contributed by atoms with E-state index >= 15 is 0 Å². The van der Waals surface area contributed by atoms with Gasteiger partial charge in [-0.25, -0.2) is 0 Å². The third-order valence-corrected chi connectivity index (χ3v) is 5.10. The molecule has 2 rings (SSSR count). The minimum Gasteiger partial charge on any atom is -0.370 e. The molecule has 2 fully saturated rings. The number of alkyl halides is 1. The molecule has 3 heteroatoms. The van der Waals surface area contributed by atoms with Crippen LogP contribution in [0.15, 0.2) is 0 Å². The average Bonchev–Trinajstić information content (AvgIpc) is 2.96. The van der Waals surface area contributed by atoms with Crippen LogP contribution in [0.25, 0.3) is 0 Å². The maximum atomic E-state index is 6.28. The lowest BCUT2D eigenvalue weighted by Crippen LogP contribution is -2.39. The second-order valence-corrected chi connectivity index (χ2v) is 6.31. The molecule has 0 aromatic heterocycles. The number of halogens is 1. The van der Waals surface area contributed by atoms with Crippen LogP contribution in [0.2, 0.25) is 0 Å². The van der Waals surface area contributed by atoms with Crippen LogP contribution in [0.3, 0.4) is 0 Å². The molecule has 0 amide bonds. The van der Waals surface area contributed by atoms with Crippen LogP contribution in [0.5, 0.6) is 0 Å². The fourth-order valence-electron chi connectivity index (χ4n) is 3.08. The third-order valence-electron chi connectivity index (χ3n) is 4.62. The highest BCUT2D eigenvalue weighted by atomic mass is 35.5. The average molecular weight is 260 g/mol. The van der Waals surface area contributed by atoms with Crippen LogP contribution in [-0.4, -0.2) is 30.2 Å². The molecule has 2 nitrogen and oxygen atoms in total. The van der Waals surface area contributed by atoms with Crippen molar-refractivity contribution >= 4 is 11.6 Å². The maximum Gasteiger partial charge on any atom is 0.0708 e. The van der Waals surface area contributed by atoms with Gasteiger partial charge in [-0.1, -0.05) is 19.8 Å². The fraction of sp³-hybridized carbons (Fsp3) is 1.00. The molecule has 1 N–H and O–H groups in total. The number of hydrogen-bond acceptors (Lipinski definition) is 2. The van der Waals surface area contributed by atoms with Gasteiger partial charge in [0, 0.05) is 18.5 Å². The van der Waals surface area contributed by atoms with Gasteiger partial charge in [0.2, 0.25) is 0 Å². The Morgan fingerprint density at radius 2 is 2.00 bits per heavy atom.